The summed E-state index contributed by atoms with van der Waals surface area (Å²) in [5.41, 5.74) is 0. The lowest BCUT2D eigenvalue weighted by atomic mass is 9.98. The lowest BCUT2D eigenvalue weighted by Gasteiger charge is -2.42. The molecule has 0 aromatic carbocycles. The van der Waals surface area contributed by atoms with Crippen molar-refractivity contribution in [2.24, 2.45) is 0 Å². The van der Waals surface area contributed by atoms with Gasteiger partial charge in [-0.05, 0) is 12.8 Å². The van der Waals surface area contributed by atoms with Crippen molar-refractivity contribution in [1.29, 1.82) is 0 Å². The van der Waals surface area contributed by atoms with Gasteiger partial charge in [-0.25, -0.2) is 0 Å². The fourth-order valence-corrected chi connectivity index (χ4v) is 7.98. The zero-order valence-electron chi connectivity index (χ0n) is 38.4. The summed E-state index contributed by atoms with van der Waals surface area (Å²) in [5.74, 6) is -0.914. The third-order valence-electron chi connectivity index (χ3n) is 12.1. The molecule has 15 heteroatoms. The summed E-state index contributed by atoms with van der Waals surface area (Å²) in [7, 11) is 0. The lowest BCUT2D eigenvalue weighted by Crippen LogP contribution is -2.61. The maximum atomic E-state index is 12.9. The third kappa shape index (κ3) is 24.1. The van der Waals surface area contributed by atoms with Gasteiger partial charge in [0.1, 0.15) is 55.4 Å². The monoisotopic (exact) mass is 893 g/mol. The highest BCUT2D eigenvalue weighted by Gasteiger charge is 2.47. The van der Waals surface area contributed by atoms with E-state index in [0.29, 0.717) is 12.8 Å². The van der Waals surface area contributed by atoms with E-state index in [-0.39, 0.29) is 26.1 Å². The molecule has 2 saturated heterocycles. The first-order valence-electron chi connectivity index (χ1n) is 24.6. The molecule has 366 valence electrons. The second kappa shape index (κ2) is 35.7. The van der Waals surface area contributed by atoms with Crippen LogP contribution in [0.3, 0.4) is 0 Å². The fourth-order valence-electron chi connectivity index (χ4n) is 7.98. The molecular formula is C47H88O15. The quantitative estimate of drug-likeness (QED) is 0.0277. The van der Waals surface area contributed by atoms with Crippen LogP contribution >= 0.6 is 0 Å². The molecule has 2 aliphatic heterocycles. The van der Waals surface area contributed by atoms with Gasteiger partial charge in [-0.1, -0.05) is 168 Å². The van der Waals surface area contributed by atoms with Gasteiger partial charge >= 0.3 is 11.9 Å². The molecule has 2 aliphatic rings. The van der Waals surface area contributed by atoms with E-state index < -0.39 is 92.7 Å². The Morgan fingerprint density at radius 1 is 0.452 bits per heavy atom. The van der Waals surface area contributed by atoms with Gasteiger partial charge in [0.15, 0.2) is 18.7 Å². The van der Waals surface area contributed by atoms with E-state index in [9.17, 15) is 45.3 Å². The van der Waals surface area contributed by atoms with E-state index in [1.807, 2.05) is 0 Å². The first-order valence-corrected chi connectivity index (χ1v) is 24.6. The first-order chi connectivity index (χ1) is 30.0. The highest BCUT2D eigenvalue weighted by atomic mass is 16.7. The van der Waals surface area contributed by atoms with E-state index >= 15 is 0 Å². The van der Waals surface area contributed by atoms with Crippen LogP contribution in [0.4, 0.5) is 0 Å². The number of rotatable bonds is 38. The van der Waals surface area contributed by atoms with Crippen LogP contribution in [-0.4, -0.2) is 142 Å². The molecule has 11 atom stereocenters. The van der Waals surface area contributed by atoms with Crippen molar-refractivity contribution in [3.8, 4) is 0 Å². The molecule has 15 nitrogen and oxygen atoms in total. The van der Waals surface area contributed by atoms with E-state index in [2.05, 4.69) is 13.8 Å². The molecule has 0 unspecified atom stereocenters. The summed E-state index contributed by atoms with van der Waals surface area (Å²) in [6, 6.07) is 0. The van der Waals surface area contributed by atoms with Gasteiger partial charge in [-0.3, -0.25) is 9.59 Å². The Bertz CT molecular complexity index is 1100. The topological polar surface area (TPSA) is 231 Å². The van der Waals surface area contributed by atoms with Gasteiger partial charge in [-0.2, -0.15) is 0 Å². The number of carbonyl (C=O) groups excluding carboxylic acids is 2. The van der Waals surface area contributed by atoms with Crippen LogP contribution in [0.15, 0.2) is 0 Å². The van der Waals surface area contributed by atoms with Crippen LogP contribution in [0.2, 0.25) is 0 Å². The Kier molecular flexibility index (Phi) is 32.6. The zero-order chi connectivity index (χ0) is 45.4. The number of esters is 2. The maximum Gasteiger partial charge on any atom is 0.306 e. The van der Waals surface area contributed by atoms with Gasteiger partial charge in [0.25, 0.3) is 0 Å². The van der Waals surface area contributed by atoms with Crippen molar-refractivity contribution in [2.45, 2.75) is 261 Å². The van der Waals surface area contributed by atoms with Crippen LogP contribution in [0.25, 0.3) is 0 Å². The lowest BCUT2D eigenvalue weighted by molar-refractivity contribution is -0.332. The number of aliphatic hydroxyl groups excluding tert-OH is 7. The van der Waals surface area contributed by atoms with E-state index in [4.69, 9.17) is 28.4 Å². The zero-order valence-corrected chi connectivity index (χ0v) is 38.4. The predicted octanol–water partition coefficient (Wildman–Crippen LogP) is 6.04. The Labute approximate surface area is 372 Å². The van der Waals surface area contributed by atoms with Crippen molar-refractivity contribution >= 4 is 11.9 Å². The summed E-state index contributed by atoms with van der Waals surface area (Å²) < 4.78 is 33.5. The molecule has 0 radical (unpaired) electrons. The Hall–Kier alpha value is -1.50. The average Bonchev–Trinajstić information content (AvgIpc) is 3.26. The number of hydrogen-bond acceptors (Lipinski definition) is 15. The summed E-state index contributed by atoms with van der Waals surface area (Å²) in [4.78, 5) is 25.7. The molecule has 0 spiro atoms. The minimum Gasteiger partial charge on any atom is -0.462 e. The first kappa shape index (κ1) is 56.6. The van der Waals surface area contributed by atoms with Crippen LogP contribution in [-0.2, 0) is 38.0 Å². The molecule has 0 aliphatic carbocycles. The number of hydrogen-bond donors (Lipinski definition) is 7. The van der Waals surface area contributed by atoms with Gasteiger partial charge < -0.3 is 64.2 Å². The van der Waals surface area contributed by atoms with Crippen molar-refractivity contribution in [2.75, 3.05) is 26.4 Å². The summed E-state index contributed by atoms with van der Waals surface area (Å²) >= 11 is 0. The fraction of sp³-hybridized carbons (Fsp3) is 0.957. The van der Waals surface area contributed by atoms with Crippen molar-refractivity contribution in [3.05, 3.63) is 0 Å². The second-order valence-corrected chi connectivity index (χ2v) is 17.7. The summed E-state index contributed by atoms with van der Waals surface area (Å²) in [6.07, 6.45) is 14.3. The number of aliphatic hydroxyl groups is 7. The summed E-state index contributed by atoms with van der Waals surface area (Å²) in [6.45, 7) is 2.60. The Morgan fingerprint density at radius 3 is 1.26 bits per heavy atom. The minimum absolute atomic E-state index is 0.172. The molecular weight excluding hydrogens is 805 g/mol. The van der Waals surface area contributed by atoms with Crippen molar-refractivity contribution < 1.29 is 73.8 Å². The minimum atomic E-state index is -1.76. The van der Waals surface area contributed by atoms with Gasteiger partial charge in [-0.15, -0.1) is 0 Å². The molecule has 2 fully saturated rings. The molecule has 7 N–H and O–H groups in total. The molecule has 0 aromatic rings. The average molecular weight is 893 g/mol. The third-order valence-corrected chi connectivity index (χ3v) is 12.1. The van der Waals surface area contributed by atoms with Crippen LogP contribution in [0.5, 0.6) is 0 Å². The largest absolute Gasteiger partial charge is 0.462 e. The van der Waals surface area contributed by atoms with Gasteiger partial charge in [0.05, 0.1) is 19.8 Å². The second-order valence-electron chi connectivity index (χ2n) is 17.7. The molecule has 0 amide bonds. The van der Waals surface area contributed by atoms with Gasteiger partial charge in [0, 0.05) is 12.8 Å². The molecule has 0 bridgehead atoms. The molecule has 2 rings (SSSR count). The van der Waals surface area contributed by atoms with E-state index in [1.54, 1.807) is 0 Å². The number of carbonyl (C=O) groups is 2. The van der Waals surface area contributed by atoms with Gasteiger partial charge in [0.2, 0.25) is 0 Å². The van der Waals surface area contributed by atoms with Crippen LogP contribution in [0.1, 0.15) is 194 Å². The van der Waals surface area contributed by atoms with Crippen LogP contribution in [0, 0.1) is 0 Å². The van der Waals surface area contributed by atoms with Crippen LogP contribution < -0.4 is 0 Å². The number of unbranched alkanes of at least 4 members (excludes halogenated alkanes) is 24. The summed E-state index contributed by atoms with van der Waals surface area (Å²) in [5, 5.41) is 71.9. The van der Waals surface area contributed by atoms with E-state index in [0.717, 1.165) is 38.5 Å². The molecule has 0 aromatic heterocycles. The van der Waals surface area contributed by atoms with Crippen molar-refractivity contribution in [1.82, 2.24) is 0 Å². The molecule has 62 heavy (non-hydrogen) atoms. The molecule has 0 saturated carbocycles. The Morgan fingerprint density at radius 2 is 0.823 bits per heavy atom. The SMILES string of the molecule is CCCCCCCCCCCCCCCCCC(=O)OC[C@H](CO[C@@H]1O[C@H](CO[C@H]2O[C@H](CO)[C@H](O)[C@H](O)[C@H]2O)[C@H](O)[C@H](O)[C@H]1O)OC(=O)CCCCCCCCCCCCC. The standard InChI is InChI=1S/C47H88O15/c1-3-5-7-9-11-13-15-16-17-18-20-21-23-25-27-29-38(49)57-32-35(60-39(50)30-28-26-24-22-19-14-12-10-8-6-4-2)33-58-46-45(56)43(54)41(52)37(62-46)34-59-47-44(55)42(53)40(51)36(31-48)61-47/h35-37,40-48,51-56H,3-34H2,1-2H3/t35-,36-,37-,40+,41+,42+,43+,44-,45-,46-,47+/m1/s1. The normalized spacial score (nSPS) is 27.0. The maximum absolute atomic E-state index is 12.9. The highest BCUT2D eigenvalue weighted by Crippen LogP contribution is 2.26. The molecule has 2 heterocycles. The smallest absolute Gasteiger partial charge is 0.306 e. The number of ether oxygens (including phenoxy) is 6. The van der Waals surface area contributed by atoms with E-state index in [1.165, 1.54) is 116 Å². The predicted molar refractivity (Wildman–Crippen MR) is 234 cm³/mol. The highest BCUT2D eigenvalue weighted by molar-refractivity contribution is 5.70. The van der Waals surface area contributed by atoms with Crippen molar-refractivity contribution in [3.63, 3.8) is 0 Å². The Balaban J connectivity index is 1.81.